The zero-order chi connectivity index (χ0) is 11.7. The summed E-state index contributed by atoms with van der Waals surface area (Å²) in [4.78, 5) is 7.00. The molecule has 0 bridgehead atoms. The summed E-state index contributed by atoms with van der Waals surface area (Å²) in [7, 11) is 0. The van der Waals surface area contributed by atoms with Crippen molar-refractivity contribution in [2.24, 2.45) is 5.73 Å². The van der Waals surface area contributed by atoms with Crippen LogP contribution in [-0.2, 0) is 0 Å². The normalized spacial score (nSPS) is 12.8. The molecule has 3 N–H and O–H groups in total. The Bertz CT molecular complexity index is 506. The Kier molecular flexibility index (Phi) is 2.70. The summed E-state index contributed by atoms with van der Waals surface area (Å²) in [5, 5.41) is 0. The second-order valence-corrected chi connectivity index (χ2v) is 3.60. The van der Waals surface area contributed by atoms with Crippen LogP contribution in [0, 0.1) is 11.6 Å². The first-order valence-corrected chi connectivity index (χ1v) is 4.84. The summed E-state index contributed by atoms with van der Waals surface area (Å²) in [6.07, 6.45) is 1.55. The number of nitrogens with one attached hydrogen (secondary N) is 1. The van der Waals surface area contributed by atoms with Gasteiger partial charge in [-0.25, -0.2) is 13.8 Å². The lowest BCUT2D eigenvalue weighted by Crippen LogP contribution is -2.06. The molecule has 0 radical (unpaired) electrons. The minimum Gasteiger partial charge on any atom is -0.341 e. The Morgan fingerprint density at radius 2 is 2.06 bits per heavy atom. The van der Waals surface area contributed by atoms with Gasteiger partial charge < -0.3 is 10.7 Å². The van der Waals surface area contributed by atoms with E-state index in [0.29, 0.717) is 17.1 Å². The number of aromatic nitrogens is 2. The topological polar surface area (TPSA) is 54.7 Å². The summed E-state index contributed by atoms with van der Waals surface area (Å²) >= 11 is 0. The van der Waals surface area contributed by atoms with E-state index in [9.17, 15) is 8.78 Å². The Balaban J connectivity index is 2.39. The average molecular weight is 223 g/mol. The molecule has 0 saturated heterocycles. The minimum atomic E-state index is -0.880. The fourth-order valence-corrected chi connectivity index (χ4v) is 1.38. The van der Waals surface area contributed by atoms with Crippen molar-refractivity contribution in [2.75, 3.05) is 0 Å². The van der Waals surface area contributed by atoms with Gasteiger partial charge in [0.25, 0.3) is 0 Å². The number of hydrogen-bond acceptors (Lipinski definition) is 2. The van der Waals surface area contributed by atoms with Crippen molar-refractivity contribution in [1.82, 2.24) is 9.97 Å². The van der Waals surface area contributed by atoms with Crippen LogP contribution < -0.4 is 5.73 Å². The SMILES string of the molecule is CC(N)c1ncc(-c2ccc(F)c(F)c2)[nH]1. The lowest BCUT2D eigenvalue weighted by atomic mass is 10.1. The molecule has 2 aromatic rings. The van der Waals surface area contributed by atoms with Crippen LogP contribution in [0.2, 0.25) is 0 Å². The molecular formula is C11H11F2N3. The summed E-state index contributed by atoms with van der Waals surface area (Å²) < 4.78 is 25.7. The quantitative estimate of drug-likeness (QED) is 0.821. The second-order valence-electron chi connectivity index (χ2n) is 3.60. The van der Waals surface area contributed by atoms with Gasteiger partial charge in [0.05, 0.1) is 17.9 Å². The van der Waals surface area contributed by atoms with E-state index in [2.05, 4.69) is 9.97 Å². The lowest BCUT2D eigenvalue weighted by molar-refractivity contribution is 0.509. The molecule has 16 heavy (non-hydrogen) atoms. The monoisotopic (exact) mass is 223 g/mol. The number of hydrogen-bond donors (Lipinski definition) is 2. The fourth-order valence-electron chi connectivity index (χ4n) is 1.38. The van der Waals surface area contributed by atoms with Crippen LogP contribution in [-0.4, -0.2) is 9.97 Å². The first kappa shape index (κ1) is 10.8. The molecule has 1 aromatic heterocycles. The fraction of sp³-hybridized carbons (Fsp3) is 0.182. The molecule has 5 heteroatoms. The van der Waals surface area contributed by atoms with Crippen LogP contribution in [0.3, 0.4) is 0 Å². The van der Waals surface area contributed by atoms with Gasteiger partial charge >= 0.3 is 0 Å². The van der Waals surface area contributed by atoms with Crippen LogP contribution >= 0.6 is 0 Å². The van der Waals surface area contributed by atoms with Gasteiger partial charge in [0.2, 0.25) is 0 Å². The minimum absolute atomic E-state index is 0.223. The molecule has 84 valence electrons. The van der Waals surface area contributed by atoms with Crippen molar-refractivity contribution in [3.8, 4) is 11.3 Å². The van der Waals surface area contributed by atoms with Crippen LogP contribution in [0.15, 0.2) is 24.4 Å². The zero-order valence-corrected chi connectivity index (χ0v) is 8.67. The highest BCUT2D eigenvalue weighted by Gasteiger charge is 2.08. The third-order valence-corrected chi connectivity index (χ3v) is 2.26. The number of benzene rings is 1. The zero-order valence-electron chi connectivity index (χ0n) is 8.67. The summed E-state index contributed by atoms with van der Waals surface area (Å²) in [6, 6.07) is 3.46. The third kappa shape index (κ3) is 1.94. The van der Waals surface area contributed by atoms with Gasteiger partial charge in [-0.05, 0) is 25.1 Å². The Hall–Kier alpha value is -1.75. The molecule has 0 fully saturated rings. The molecule has 1 unspecified atom stereocenters. The third-order valence-electron chi connectivity index (χ3n) is 2.26. The van der Waals surface area contributed by atoms with E-state index in [1.807, 2.05) is 0 Å². The maximum absolute atomic E-state index is 13.0. The van der Waals surface area contributed by atoms with Crippen molar-refractivity contribution in [2.45, 2.75) is 13.0 Å². The van der Waals surface area contributed by atoms with E-state index in [1.165, 1.54) is 6.07 Å². The van der Waals surface area contributed by atoms with Gasteiger partial charge in [-0.2, -0.15) is 0 Å². The molecule has 2 rings (SSSR count). The highest BCUT2D eigenvalue weighted by atomic mass is 19.2. The predicted molar refractivity (Wildman–Crippen MR) is 56.5 cm³/mol. The number of aromatic amines is 1. The van der Waals surface area contributed by atoms with Crippen molar-refractivity contribution < 1.29 is 8.78 Å². The van der Waals surface area contributed by atoms with Crippen molar-refractivity contribution in [3.05, 3.63) is 41.9 Å². The molecule has 0 spiro atoms. The number of H-pyrrole nitrogens is 1. The van der Waals surface area contributed by atoms with E-state index < -0.39 is 11.6 Å². The molecular weight excluding hydrogens is 212 g/mol. The molecule has 1 aromatic carbocycles. The van der Waals surface area contributed by atoms with Crippen LogP contribution in [0.4, 0.5) is 8.78 Å². The summed E-state index contributed by atoms with van der Waals surface area (Å²) in [5.41, 5.74) is 6.79. The number of nitrogens with two attached hydrogens (primary N) is 1. The van der Waals surface area contributed by atoms with Crippen molar-refractivity contribution in [1.29, 1.82) is 0 Å². The standard InChI is InChI=1S/C11H11F2N3/c1-6(14)11-15-5-10(16-11)7-2-3-8(12)9(13)4-7/h2-6H,14H2,1H3,(H,15,16). The molecule has 0 aliphatic heterocycles. The predicted octanol–water partition coefficient (Wildman–Crippen LogP) is 2.37. The maximum Gasteiger partial charge on any atom is 0.159 e. The summed E-state index contributed by atoms with van der Waals surface area (Å²) in [5.74, 6) is -1.13. The molecule has 1 heterocycles. The Morgan fingerprint density at radius 3 is 2.62 bits per heavy atom. The molecule has 0 aliphatic rings. The summed E-state index contributed by atoms with van der Waals surface area (Å²) in [6.45, 7) is 1.79. The van der Waals surface area contributed by atoms with E-state index in [-0.39, 0.29) is 6.04 Å². The van der Waals surface area contributed by atoms with Gasteiger partial charge in [0, 0.05) is 5.56 Å². The largest absolute Gasteiger partial charge is 0.341 e. The molecule has 0 saturated carbocycles. The van der Waals surface area contributed by atoms with Crippen molar-refractivity contribution >= 4 is 0 Å². The van der Waals surface area contributed by atoms with E-state index in [0.717, 1.165) is 12.1 Å². The maximum atomic E-state index is 13.0. The van der Waals surface area contributed by atoms with Crippen LogP contribution in [0.5, 0.6) is 0 Å². The highest BCUT2D eigenvalue weighted by molar-refractivity contribution is 5.58. The van der Waals surface area contributed by atoms with Crippen LogP contribution in [0.25, 0.3) is 11.3 Å². The highest BCUT2D eigenvalue weighted by Crippen LogP contribution is 2.20. The number of rotatable bonds is 2. The van der Waals surface area contributed by atoms with Crippen LogP contribution in [0.1, 0.15) is 18.8 Å². The smallest absolute Gasteiger partial charge is 0.159 e. The molecule has 0 amide bonds. The van der Waals surface area contributed by atoms with E-state index in [1.54, 1.807) is 13.1 Å². The van der Waals surface area contributed by atoms with Crippen molar-refractivity contribution in [3.63, 3.8) is 0 Å². The average Bonchev–Trinajstić information content (AvgIpc) is 2.71. The van der Waals surface area contributed by atoms with Gasteiger partial charge in [0.1, 0.15) is 5.82 Å². The first-order valence-electron chi connectivity index (χ1n) is 4.84. The van der Waals surface area contributed by atoms with Gasteiger partial charge in [-0.3, -0.25) is 0 Å². The second kappa shape index (κ2) is 4.02. The van der Waals surface area contributed by atoms with Gasteiger partial charge in [-0.15, -0.1) is 0 Å². The molecule has 0 aliphatic carbocycles. The van der Waals surface area contributed by atoms with E-state index >= 15 is 0 Å². The number of imidazole rings is 1. The lowest BCUT2D eigenvalue weighted by Gasteiger charge is -2.00. The Labute approximate surface area is 91.3 Å². The van der Waals surface area contributed by atoms with Gasteiger partial charge in [0.15, 0.2) is 11.6 Å². The number of halogens is 2. The first-order chi connectivity index (χ1) is 7.58. The molecule has 1 atom stereocenters. The van der Waals surface area contributed by atoms with Gasteiger partial charge in [-0.1, -0.05) is 0 Å². The van der Waals surface area contributed by atoms with E-state index in [4.69, 9.17) is 5.73 Å². The molecule has 3 nitrogen and oxygen atoms in total. The number of nitrogens with zero attached hydrogens (tertiary/aromatic N) is 1. The Morgan fingerprint density at radius 1 is 1.31 bits per heavy atom.